The molecule has 0 radical (unpaired) electrons. The molecule has 2 rings (SSSR count). The number of nitrogens with zero attached hydrogens (tertiary/aromatic N) is 2. The Kier molecular flexibility index (Phi) is 4.44. The zero-order valence-electron chi connectivity index (χ0n) is 11.8. The molecule has 1 aliphatic carbocycles. The predicted octanol–water partition coefficient (Wildman–Crippen LogP) is 3.19. The monoisotopic (exact) mass is 250 g/mol. The fourth-order valence-corrected chi connectivity index (χ4v) is 2.90. The minimum atomic E-state index is -0.213. The first-order valence-corrected chi connectivity index (χ1v) is 7.32. The molecule has 3 heteroatoms. The number of hydrogen-bond acceptors (Lipinski definition) is 2. The van der Waals surface area contributed by atoms with Crippen molar-refractivity contribution in [2.75, 3.05) is 0 Å². The van der Waals surface area contributed by atoms with Crippen molar-refractivity contribution in [2.45, 2.75) is 65.0 Å². The highest BCUT2D eigenvalue weighted by Gasteiger charge is 2.27. The lowest BCUT2D eigenvalue weighted by Gasteiger charge is -2.17. The number of rotatable bonds is 5. The Morgan fingerprint density at radius 1 is 1.50 bits per heavy atom. The molecule has 0 bridgehead atoms. The summed E-state index contributed by atoms with van der Waals surface area (Å²) in [7, 11) is 0. The molecule has 1 heterocycles. The number of aliphatic hydroxyl groups is 1. The van der Waals surface area contributed by atoms with Crippen LogP contribution in [0.2, 0.25) is 0 Å². The molecule has 4 atom stereocenters. The van der Waals surface area contributed by atoms with E-state index in [1.165, 1.54) is 19.3 Å². The lowest BCUT2D eigenvalue weighted by molar-refractivity contribution is 0.108. The third kappa shape index (κ3) is 3.14. The van der Waals surface area contributed by atoms with Crippen molar-refractivity contribution in [3.05, 3.63) is 18.0 Å². The summed E-state index contributed by atoms with van der Waals surface area (Å²) >= 11 is 0. The van der Waals surface area contributed by atoms with E-state index in [1.54, 1.807) is 0 Å². The van der Waals surface area contributed by atoms with Crippen molar-refractivity contribution in [2.24, 2.45) is 11.8 Å². The van der Waals surface area contributed by atoms with Crippen molar-refractivity contribution in [3.63, 3.8) is 0 Å². The molecule has 0 saturated heterocycles. The lowest BCUT2D eigenvalue weighted by atomic mass is 9.96. The van der Waals surface area contributed by atoms with Gasteiger partial charge in [-0.15, -0.1) is 0 Å². The van der Waals surface area contributed by atoms with E-state index in [0.29, 0.717) is 18.4 Å². The highest BCUT2D eigenvalue weighted by molar-refractivity contribution is 5.02. The standard InChI is InChI=1S/C15H26N2O/c1-4-12(3)17-8-7-14(16-17)10-15(18)13-6-5-11(2)9-13/h7-8,11-13,15,18H,4-6,9-10H2,1-3H3. The Balaban J connectivity index is 1.91. The van der Waals surface area contributed by atoms with Crippen LogP contribution in [-0.2, 0) is 6.42 Å². The van der Waals surface area contributed by atoms with Crippen LogP contribution in [0.1, 0.15) is 58.2 Å². The molecule has 4 unspecified atom stereocenters. The zero-order chi connectivity index (χ0) is 13.1. The summed E-state index contributed by atoms with van der Waals surface area (Å²) < 4.78 is 2.01. The molecule has 1 aliphatic rings. The van der Waals surface area contributed by atoms with Crippen molar-refractivity contribution >= 4 is 0 Å². The molecule has 0 spiro atoms. The molecule has 0 aliphatic heterocycles. The molecular formula is C15H26N2O. The lowest BCUT2D eigenvalue weighted by Crippen LogP contribution is -2.21. The zero-order valence-corrected chi connectivity index (χ0v) is 11.8. The van der Waals surface area contributed by atoms with Crippen molar-refractivity contribution in [3.8, 4) is 0 Å². The Labute approximate surface area is 110 Å². The average Bonchev–Trinajstić information content (AvgIpc) is 2.97. The number of aromatic nitrogens is 2. The summed E-state index contributed by atoms with van der Waals surface area (Å²) in [4.78, 5) is 0. The first kappa shape index (κ1) is 13.6. The molecule has 1 aromatic heterocycles. The van der Waals surface area contributed by atoms with E-state index in [9.17, 15) is 5.11 Å². The minimum absolute atomic E-state index is 0.213. The van der Waals surface area contributed by atoms with Gasteiger partial charge in [-0.1, -0.05) is 20.3 Å². The fourth-order valence-electron chi connectivity index (χ4n) is 2.90. The third-order valence-corrected chi connectivity index (χ3v) is 4.40. The summed E-state index contributed by atoms with van der Waals surface area (Å²) in [6.07, 6.45) is 7.23. The van der Waals surface area contributed by atoms with Gasteiger partial charge in [0.15, 0.2) is 0 Å². The van der Waals surface area contributed by atoms with Crippen LogP contribution in [0.4, 0.5) is 0 Å². The second kappa shape index (κ2) is 5.87. The van der Waals surface area contributed by atoms with Gasteiger partial charge < -0.3 is 5.11 Å². The molecule has 1 saturated carbocycles. The molecule has 0 amide bonds. The van der Waals surface area contributed by atoms with Crippen molar-refractivity contribution < 1.29 is 5.11 Å². The highest BCUT2D eigenvalue weighted by atomic mass is 16.3. The van der Waals surface area contributed by atoms with Gasteiger partial charge in [0, 0.05) is 18.7 Å². The summed E-state index contributed by atoms with van der Waals surface area (Å²) in [6, 6.07) is 2.50. The maximum absolute atomic E-state index is 10.3. The van der Waals surface area contributed by atoms with E-state index < -0.39 is 0 Å². The third-order valence-electron chi connectivity index (χ3n) is 4.40. The minimum Gasteiger partial charge on any atom is -0.392 e. The van der Waals surface area contributed by atoms with Crippen LogP contribution in [0.3, 0.4) is 0 Å². The van der Waals surface area contributed by atoms with Crippen LogP contribution in [0.15, 0.2) is 12.3 Å². The van der Waals surface area contributed by atoms with Crippen LogP contribution in [0.25, 0.3) is 0 Å². The van der Waals surface area contributed by atoms with Crippen LogP contribution < -0.4 is 0 Å². The van der Waals surface area contributed by atoms with Gasteiger partial charge >= 0.3 is 0 Å². The van der Waals surface area contributed by atoms with Crippen LogP contribution in [-0.4, -0.2) is 21.0 Å². The molecule has 3 nitrogen and oxygen atoms in total. The van der Waals surface area contributed by atoms with Gasteiger partial charge in [0.25, 0.3) is 0 Å². The Hall–Kier alpha value is -0.830. The van der Waals surface area contributed by atoms with Gasteiger partial charge in [0.1, 0.15) is 0 Å². The fraction of sp³-hybridized carbons (Fsp3) is 0.800. The molecule has 1 N–H and O–H groups in total. The largest absolute Gasteiger partial charge is 0.392 e. The quantitative estimate of drug-likeness (QED) is 0.871. The van der Waals surface area contributed by atoms with Gasteiger partial charge in [-0.25, -0.2) is 0 Å². The van der Waals surface area contributed by atoms with E-state index in [2.05, 4.69) is 25.9 Å². The van der Waals surface area contributed by atoms with E-state index in [1.807, 2.05) is 16.9 Å². The topological polar surface area (TPSA) is 38.0 Å². The molecule has 1 fully saturated rings. The van der Waals surface area contributed by atoms with Gasteiger partial charge in [-0.3, -0.25) is 4.68 Å². The van der Waals surface area contributed by atoms with E-state index in [-0.39, 0.29) is 6.10 Å². The molecule has 18 heavy (non-hydrogen) atoms. The Bertz CT molecular complexity index is 374. The maximum Gasteiger partial charge on any atom is 0.0650 e. The molecule has 0 aromatic carbocycles. The van der Waals surface area contributed by atoms with Gasteiger partial charge in [0.2, 0.25) is 0 Å². The second-order valence-electron chi connectivity index (χ2n) is 5.99. The number of hydrogen-bond donors (Lipinski definition) is 1. The summed E-state index contributed by atoms with van der Waals surface area (Å²) in [5.41, 5.74) is 1.03. The number of aliphatic hydroxyl groups excluding tert-OH is 1. The SMILES string of the molecule is CCC(C)n1ccc(CC(O)C2CCC(C)C2)n1. The molecule has 102 valence electrons. The first-order valence-electron chi connectivity index (χ1n) is 7.32. The van der Waals surface area contributed by atoms with Crippen molar-refractivity contribution in [1.29, 1.82) is 0 Å². The molecule has 1 aromatic rings. The highest BCUT2D eigenvalue weighted by Crippen LogP contribution is 2.33. The van der Waals surface area contributed by atoms with Crippen molar-refractivity contribution in [1.82, 2.24) is 9.78 Å². The Morgan fingerprint density at radius 2 is 2.28 bits per heavy atom. The van der Waals surface area contributed by atoms with Crippen LogP contribution >= 0.6 is 0 Å². The van der Waals surface area contributed by atoms with Gasteiger partial charge in [0.05, 0.1) is 11.8 Å². The van der Waals surface area contributed by atoms with Gasteiger partial charge in [-0.05, 0) is 44.1 Å². The first-order chi connectivity index (χ1) is 8.60. The molecular weight excluding hydrogens is 224 g/mol. The smallest absolute Gasteiger partial charge is 0.0650 e. The summed E-state index contributed by atoms with van der Waals surface area (Å²) in [5.74, 6) is 1.26. The van der Waals surface area contributed by atoms with E-state index >= 15 is 0 Å². The Morgan fingerprint density at radius 3 is 2.89 bits per heavy atom. The van der Waals surface area contributed by atoms with E-state index in [0.717, 1.165) is 18.0 Å². The predicted molar refractivity (Wildman–Crippen MR) is 73.4 cm³/mol. The maximum atomic E-state index is 10.3. The summed E-state index contributed by atoms with van der Waals surface area (Å²) in [5, 5.41) is 14.8. The van der Waals surface area contributed by atoms with Gasteiger partial charge in [-0.2, -0.15) is 5.10 Å². The average molecular weight is 250 g/mol. The van der Waals surface area contributed by atoms with E-state index in [4.69, 9.17) is 0 Å². The second-order valence-corrected chi connectivity index (χ2v) is 5.99. The van der Waals surface area contributed by atoms with Crippen LogP contribution in [0, 0.1) is 11.8 Å². The summed E-state index contributed by atoms with van der Waals surface area (Å²) in [6.45, 7) is 6.62. The normalized spacial score (nSPS) is 27.3. The van der Waals surface area contributed by atoms with Crippen LogP contribution in [0.5, 0.6) is 0 Å².